The number of nitrogens with one attached hydrogen (secondary N) is 1. The molecular formula is C5H8N2OS. The lowest BCUT2D eigenvalue weighted by atomic mass is 10.4. The maximum Gasteiger partial charge on any atom is 0.304 e. The molecule has 0 radical (unpaired) electrons. The fourth-order valence-corrected chi connectivity index (χ4v) is 1.28. The van der Waals surface area contributed by atoms with Crippen molar-refractivity contribution in [3.8, 4) is 0 Å². The first-order chi connectivity index (χ1) is 4.33. The Kier molecular flexibility index (Phi) is 2.02. The highest BCUT2D eigenvalue weighted by molar-refractivity contribution is 7.09. The van der Waals surface area contributed by atoms with Gasteiger partial charge in [-0.1, -0.05) is 11.3 Å². The zero-order valence-electron chi connectivity index (χ0n) is 4.89. The van der Waals surface area contributed by atoms with E-state index in [0.29, 0.717) is 6.54 Å². The lowest BCUT2D eigenvalue weighted by Crippen LogP contribution is -2.00. The third-order valence-electron chi connectivity index (χ3n) is 0.966. The highest BCUT2D eigenvalue weighted by atomic mass is 32.1. The summed E-state index contributed by atoms with van der Waals surface area (Å²) in [6.45, 7) is 0.605. The molecule has 1 aromatic heterocycles. The van der Waals surface area contributed by atoms with Crippen molar-refractivity contribution in [1.29, 1.82) is 0 Å². The van der Waals surface area contributed by atoms with Crippen LogP contribution < -0.4 is 10.6 Å². The molecule has 0 unspecified atom stereocenters. The number of aromatic nitrogens is 1. The van der Waals surface area contributed by atoms with Crippen LogP contribution in [0.4, 0.5) is 0 Å². The summed E-state index contributed by atoms with van der Waals surface area (Å²) in [5.74, 6) is 0. The van der Waals surface area contributed by atoms with Gasteiger partial charge >= 0.3 is 4.87 Å². The molecular weight excluding hydrogens is 136 g/mol. The minimum atomic E-state index is -0.00144. The Balaban J connectivity index is 2.73. The van der Waals surface area contributed by atoms with Crippen molar-refractivity contribution in [1.82, 2.24) is 4.98 Å². The molecule has 3 nitrogen and oxygen atoms in total. The maximum atomic E-state index is 10.5. The second-order valence-corrected chi connectivity index (χ2v) is 2.78. The number of thiazole rings is 1. The molecule has 3 N–H and O–H groups in total. The van der Waals surface area contributed by atoms with Gasteiger partial charge in [0.1, 0.15) is 0 Å². The first-order valence-corrected chi connectivity index (χ1v) is 3.52. The van der Waals surface area contributed by atoms with Gasteiger partial charge < -0.3 is 10.7 Å². The molecule has 9 heavy (non-hydrogen) atoms. The van der Waals surface area contributed by atoms with Crippen LogP contribution in [-0.2, 0) is 6.42 Å². The predicted molar refractivity (Wildman–Crippen MR) is 37.7 cm³/mol. The fraction of sp³-hybridized carbons (Fsp3) is 0.400. The lowest BCUT2D eigenvalue weighted by Gasteiger charge is -1.84. The summed E-state index contributed by atoms with van der Waals surface area (Å²) in [7, 11) is 0. The van der Waals surface area contributed by atoms with Crippen LogP contribution in [0.15, 0.2) is 11.0 Å². The van der Waals surface area contributed by atoms with Crippen LogP contribution in [0.1, 0.15) is 4.88 Å². The third-order valence-corrected chi connectivity index (χ3v) is 1.85. The van der Waals surface area contributed by atoms with Crippen LogP contribution in [0.3, 0.4) is 0 Å². The van der Waals surface area contributed by atoms with Gasteiger partial charge in [-0.2, -0.15) is 0 Å². The van der Waals surface area contributed by atoms with Crippen LogP contribution in [0, 0.1) is 0 Å². The minimum Gasteiger partial charge on any atom is -0.330 e. The number of hydrogen-bond donors (Lipinski definition) is 2. The molecule has 0 amide bonds. The van der Waals surface area contributed by atoms with E-state index in [9.17, 15) is 4.79 Å². The normalized spacial score (nSPS) is 9.89. The zero-order chi connectivity index (χ0) is 6.69. The molecule has 0 fully saturated rings. The SMILES string of the molecule is NCCc1c[nH]c(=O)s1. The fourth-order valence-electron chi connectivity index (χ4n) is 0.583. The molecule has 0 bridgehead atoms. The summed E-state index contributed by atoms with van der Waals surface area (Å²) < 4.78 is 0. The van der Waals surface area contributed by atoms with Crippen molar-refractivity contribution in [2.45, 2.75) is 6.42 Å². The van der Waals surface area contributed by atoms with E-state index in [-0.39, 0.29) is 4.87 Å². The Morgan fingerprint density at radius 3 is 3.00 bits per heavy atom. The van der Waals surface area contributed by atoms with Crippen molar-refractivity contribution < 1.29 is 0 Å². The van der Waals surface area contributed by atoms with E-state index in [1.165, 1.54) is 11.3 Å². The Labute approximate surface area is 56.5 Å². The lowest BCUT2D eigenvalue weighted by molar-refractivity contribution is 0.984. The van der Waals surface area contributed by atoms with Crippen LogP contribution in [0.25, 0.3) is 0 Å². The van der Waals surface area contributed by atoms with Gasteiger partial charge in [0.25, 0.3) is 0 Å². The van der Waals surface area contributed by atoms with Crippen LogP contribution in [0.5, 0.6) is 0 Å². The number of hydrogen-bond acceptors (Lipinski definition) is 3. The summed E-state index contributed by atoms with van der Waals surface area (Å²) in [4.78, 5) is 14.1. The maximum absolute atomic E-state index is 10.5. The molecule has 1 rings (SSSR count). The first kappa shape index (κ1) is 6.51. The van der Waals surface area contributed by atoms with E-state index < -0.39 is 0 Å². The van der Waals surface area contributed by atoms with E-state index in [4.69, 9.17) is 5.73 Å². The van der Waals surface area contributed by atoms with Gasteiger partial charge in [-0.15, -0.1) is 0 Å². The van der Waals surface area contributed by atoms with Crippen molar-refractivity contribution in [2.75, 3.05) is 6.54 Å². The molecule has 0 spiro atoms. The molecule has 50 valence electrons. The van der Waals surface area contributed by atoms with Crippen molar-refractivity contribution in [3.63, 3.8) is 0 Å². The van der Waals surface area contributed by atoms with E-state index in [1.807, 2.05) is 0 Å². The van der Waals surface area contributed by atoms with Gasteiger partial charge in [-0.3, -0.25) is 4.79 Å². The van der Waals surface area contributed by atoms with Crippen molar-refractivity contribution >= 4 is 11.3 Å². The Morgan fingerprint density at radius 1 is 1.78 bits per heavy atom. The van der Waals surface area contributed by atoms with E-state index >= 15 is 0 Å². The first-order valence-electron chi connectivity index (χ1n) is 2.70. The largest absolute Gasteiger partial charge is 0.330 e. The average Bonchev–Trinajstić information content (AvgIpc) is 2.17. The van der Waals surface area contributed by atoms with E-state index in [1.54, 1.807) is 6.20 Å². The summed E-state index contributed by atoms with van der Waals surface area (Å²) in [5.41, 5.74) is 5.26. The van der Waals surface area contributed by atoms with Crippen molar-refractivity contribution in [2.24, 2.45) is 5.73 Å². The van der Waals surface area contributed by atoms with Gasteiger partial charge in [0.05, 0.1) is 0 Å². The standard InChI is InChI=1S/C5H8N2OS/c6-2-1-4-3-7-5(8)9-4/h3H,1-2,6H2,(H,7,8). The second kappa shape index (κ2) is 2.80. The minimum absolute atomic E-state index is 0.00144. The van der Waals surface area contributed by atoms with E-state index in [2.05, 4.69) is 4.98 Å². The second-order valence-electron chi connectivity index (χ2n) is 1.68. The average molecular weight is 144 g/mol. The van der Waals surface area contributed by atoms with Crippen LogP contribution >= 0.6 is 11.3 Å². The summed E-state index contributed by atoms with van der Waals surface area (Å²) in [6.07, 6.45) is 2.50. The molecule has 1 aromatic rings. The van der Waals surface area contributed by atoms with Gasteiger partial charge in [0.15, 0.2) is 0 Å². The zero-order valence-corrected chi connectivity index (χ0v) is 5.70. The van der Waals surface area contributed by atoms with Gasteiger partial charge in [-0.05, 0) is 13.0 Å². The Morgan fingerprint density at radius 2 is 2.56 bits per heavy atom. The number of aromatic amines is 1. The molecule has 0 aliphatic carbocycles. The van der Waals surface area contributed by atoms with Crippen molar-refractivity contribution in [3.05, 3.63) is 20.7 Å². The molecule has 0 aliphatic heterocycles. The molecule has 0 aliphatic rings. The highest BCUT2D eigenvalue weighted by Gasteiger charge is 1.92. The van der Waals surface area contributed by atoms with Gasteiger partial charge in [0, 0.05) is 11.1 Å². The molecule has 1 heterocycles. The highest BCUT2D eigenvalue weighted by Crippen LogP contribution is 1.98. The number of H-pyrrole nitrogens is 1. The van der Waals surface area contributed by atoms with Gasteiger partial charge in [-0.25, -0.2) is 0 Å². The van der Waals surface area contributed by atoms with Crippen LogP contribution in [-0.4, -0.2) is 11.5 Å². The quantitative estimate of drug-likeness (QED) is 0.610. The summed E-state index contributed by atoms with van der Waals surface area (Å²) >= 11 is 1.22. The van der Waals surface area contributed by atoms with E-state index in [0.717, 1.165) is 11.3 Å². The molecule has 0 aromatic carbocycles. The monoisotopic (exact) mass is 144 g/mol. The Bertz CT molecular complexity index is 227. The molecule has 0 saturated carbocycles. The summed E-state index contributed by atoms with van der Waals surface area (Å²) in [6, 6.07) is 0. The number of nitrogens with two attached hydrogens (primary N) is 1. The smallest absolute Gasteiger partial charge is 0.304 e. The third kappa shape index (κ3) is 1.65. The Hall–Kier alpha value is -0.610. The molecule has 4 heteroatoms. The van der Waals surface area contributed by atoms with Crippen LogP contribution in [0.2, 0.25) is 0 Å². The topological polar surface area (TPSA) is 58.9 Å². The van der Waals surface area contributed by atoms with Gasteiger partial charge in [0.2, 0.25) is 0 Å². The predicted octanol–water partition coefficient (Wildman–Crippen LogP) is -0.0624. The summed E-state index contributed by atoms with van der Waals surface area (Å²) in [5, 5.41) is 0. The number of rotatable bonds is 2. The molecule has 0 atom stereocenters. The molecule has 0 saturated heterocycles.